The molecular weight excluding hydrogens is 204 g/mol. The lowest BCUT2D eigenvalue weighted by molar-refractivity contribution is 0.304. The first-order valence-corrected chi connectivity index (χ1v) is 6.35. The summed E-state index contributed by atoms with van der Waals surface area (Å²) in [4.78, 5) is 5.73. The third kappa shape index (κ3) is 3.28. The first kappa shape index (κ1) is 12.7. The molecule has 0 saturated heterocycles. The van der Waals surface area contributed by atoms with E-state index in [1.54, 1.807) is 11.3 Å². The molecule has 0 radical (unpaired) electrons. The van der Waals surface area contributed by atoms with Crippen molar-refractivity contribution in [2.24, 2.45) is 5.92 Å². The van der Waals surface area contributed by atoms with Crippen molar-refractivity contribution in [3.63, 3.8) is 0 Å². The van der Waals surface area contributed by atoms with Crippen LogP contribution in [0.25, 0.3) is 0 Å². The standard InChI is InChI=1S/C12H22N2S/c1-8(2)10(4)14-12(5,6)11-13-7-9(3)15-11/h7-8,10,14H,1-6H3. The van der Waals surface area contributed by atoms with E-state index in [1.165, 1.54) is 9.88 Å². The van der Waals surface area contributed by atoms with Crippen molar-refractivity contribution in [2.45, 2.75) is 53.1 Å². The Kier molecular flexibility index (Phi) is 3.90. The summed E-state index contributed by atoms with van der Waals surface area (Å²) >= 11 is 1.77. The fraction of sp³-hybridized carbons (Fsp3) is 0.750. The lowest BCUT2D eigenvalue weighted by Crippen LogP contribution is -2.44. The SMILES string of the molecule is Cc1cnc(C(C)(C)NC(C)C(C)C)s1. The number of hydrogen-bond acceptors (Lipinski definition) is 3. The predicted molar refractivity (Wildman–Crippen MR) is 67.3 cm³/mol. The van der Waals surface area contributed by atoms with E-state index in [0.717, 1.165) is 0 Å². The van der Waals surface area contributed by atoms with Crippen molar-refractivity contribution in [3.05, 3.63) is 16.1 Å². The van der Waals surface area contributed by atoms with Crippen LogP contribution in [0.5, 0.6) is 0 Å². The molecule has 0 saturated carbocycles. The Balaban J connectivity index is 2.75. The van der Waals surface area contributed by atoms with Gasteiger partial charge in [0.1, 0.15) is 5.01 Å². The number of aryl methyl sites for hydroxylation is 1. The highest BCUT2D eigenvalue weighted by atomic mass is 32.1. The number of nitrogens with one attached hydrogen (secondary N) is 1. The number of aromatic nitrogens is 1. The summed E-state index contributed by atoms with van der Waals surface area (Å²) in [6, 6.07) is 0.504. The highest BCUT2D eigenvalue weighted by Gasteiger charge is 2.26. The van der Waals surface area contributed by atoms with Crippen LogP contribution in [0.2, 0.25) is 0 Å². The van der Waals surface area contributed by atoms with Crippen LogP contribution in [0.3, 0.4) is 0 Å². The summed E-state index contributed by atoms with van der Waals surface area (Å²) in [6.45, 7) is 13.2. The zero-order chi connectivity index (χ0) is 11.6. The van der Waals surface area contributed by atoms with Gasteiger partial charge in [-0.1, -0.05) is 13.8 Å². The Hall–Kier alpha value is -0.410. The average molecular weight is 226 g/mol. The molecule has 1 rings (SSSR count). The first-order chi connectivity index (χ1) is 6.83. The molecular formula is C12H22N2S. The second-order valence-electron chi connectivity index (χ2n) is 5.08. The van der Waals surface area contributed by atoms with E-state index in [4.69, 9.17) is 0 Å². The minimum absolute atomic E-state index is 0.0252. The maximum atomic E-state index is 4.46. The fourth-order valence-electron chi connectivity index (χ4n) is 1.44. The molecule has 15 heavy (non-hydrogen) atoms. The van der Waals surface area contributed by atoms with Crippen molar-refractivity contribution in [2.75, 3.05) is 0 Å². The highest BCUT2D eigenvalue weighted by molar-refractivity contribution is 7.11. The van der Waals surface area contributed by atoms with Crippen LogP contribution in [0, 0.1) is 12.8 Å². The molecule has 1 atom stereocenters. The Morgan fingerprint density at radius 3 is 2.33 bits per heavy atom. The van der Waals surface area contributed by atoms with Gasteiger partial charge < -0.3 is 5.32 Å². The van der Waals surface area contributed by atoms with Crippen LogP contribution in [0.4, 0.5) is 0 Å². The molecule has 0 aliphatic rings. The van der Waals surface area contributed by atoms with Gasteiger partial charge in [-0.2, -0.15) is 0 Å². The quantitative estimate of drug-likeness (QED) is 0.852. The van der Waals surface area contributed by atoms with Crippen LogP contribution in [0.1, 0.15) is 44.5 Å². The van der Waals surface area contributed by atoms with Crippen LogP contribution >= 0.6 is 11.3 Å². The van der Waals surface area contributed by atoms with Gasteiger partial charge in [0.15, 0.2) is 0 Å². The molecule has 3 heteroatoms. The molecule has 0 amide bonds. The smallest absolute Gasteiger partial charge is 0.112 e. The maximum absolute atomic E-state index is 4.46. The van der Waals surface area contributed by atoms with Crippen molar-refractivity contribution < 1.29 is 0 Å². The van der Waals surface area contributed by atoms with Crippen LogP contribution in [-0.2, 0) is 5.54 Å². The molecule has 2 nitrogen and oxygen atoms in total. The first-order valence-electron chi connectivity index (χ1n) is 5.53. The van der Waals surface area contributed by atoms with E-state index < -0.39 is 0 Å². The Labute approximate surface area is 97.1 Å². The van der Waals surface area contributed by atoms with E-state index in [1.807, 2.05) is 6.20 Å². The predicted octanol–water partition coefficient (Wildman–Crippen LogP) is 3.32. The molecule has 0 aliphatic carbocycles. The molecule has 1 unspecified atom stereocenters. The van der Waals surface area contributed by atoms with Crippen molar-refractivity contribution in [1.82, 2.24) is 10.3 Å². The van der Waals surface area contributed by atoms with Crippen LogP contribution in [-0.4, -0.2) is 11.0 Å². The summed E-state index contributed by atoms with van der Waals surface area (Å²) in [7, 11) is 0. The normalized spacial score (nSPS) is 14.6. The lowest BCUT2D eigenvalue weighted by Gasteiger charge is -2.30. The van der Waals surface area contributed by atoms with Gasteiger partial charge in [-0.15, -0.1) is 11.3 Å². The van der Waals surface area contributed by atoms with Crippen LogP contribution < -0.4 is 5.32 Å². The molecule has 1 N–H and O–H groups in total. The molecule has 0 fully saturated rings. The van der Waals surface area contributed by atoms with Crippen molar-refractivity contribution >= 4 is 11.3 Å². The minimum Gasteiger partial charge on any atom is -0.303 e. The number of thiazole rings is 1. The number of hydrogen-bond donors (Lipinski definition) is 1. The molecule has 86 valence electrons. The minimum atomic E-state index is -0.0252. The zero-order valence-electron chi connectivity index (χ0n) is 10.6. The Bertz CT molecular complexity index is 315. The summed E-state index contributed by atoms with van der Waals surface area (Å²) in [6.07, 6.45) is 1.95. The Morgan fingerprint density at radius 2 is 1.93 bits per heavy atom. The summed E-state index contributed by atoms with van der Waals surface area (Å²) < 4.78 is 0. The molecule has 1 aromatic rings. The van der Waals surface area contributed by atoms with Gasteiger partial charge in [0, 0.05) is 17.1 Å². The summed E-state index contributed by atoms with van der Waals surface area (Å²) in [5, 5.41) is 4.81. The van der Waals surface area contributed by atoms with Gasteiger partial charge in [0.2, 0.25) is 0 Å². The maximum Gasteiger partial charge on any atom is 0.112 e. The average Bonchev–Trinajstić information content (AvgIpc) is 2.51. The second kappa shape index (κ2) is 4.62. The molecule has 0 aliphatic heterocycles. The second-order valence-corrected chi connectivity index (χ2v) is 6.31. The van der Waals surface area contributed by atoms with Gasteiger partial charge >= 0.3 is 0 Å². The van der Waals surface area contributed by atoms with E-state index in [2.05, 4.69) is 51.8 Å². The fourth-order valence-corrected chi connectivity index (χ4v) is 2.27. The monoisotopic (exact) mass is 226 g/mol. The van der Waals surface area contributed by atoms with E-state index >= 15 is 0 Å². The van der Waals surface area contributed by atoms with Gasteiger partial charge in [0.05, 0.1) is 5.54 Å². The van der Waals surface area contributed by atoms with Gasteiger partial charge in [-0.3, -0.25) is 0 Å². The molecule has 0 aromatic carbocycles. The van der Waals surface area contributed by atoms with Crippen molar-refractivity contribution in [1.29, 1.82) is 0 Å². The van der Waals surface area contributed by atoms with Gasteiger partial charge in [-0.25, -0.2) is 4.98 Å². The van der Waals surface area contributed by atoms with Gasteiger partial charge in [-0.05, 0) is 33.6 Å². The molecule has 0 bridgehead atoms. The largest absolute Gasteiger partial charge is 0.303 e. The molecule has 0 spiro atoms. The third-order valence-corrected chi connectivity index (χ3v) is 3.98. The molecule has 1 aromatic heterocycles. The van der Waals surface area contributed by atoms with E-state index in [-0.39, 0.29) is 5.54 Å². The molecule has 1 heterocycles. The summed E-state index contributed by atoms with van der Waals surface area (Å²) in [5.41, 5.74) is -0.0252. The number of rotatable bonds is 4. The summed E-state index contributed by atoms with van der Waals surface area (Å²) in [5.74, 6) is 0.644. The highest BCUT2D eigenvalue weighted by Crippen LogP contribution is 2.25. The topological polar surface area (TPSA) is 24.9 Å². The Morgan fingerprint density at radius 1 is 1.33 bits per heavy atom. The van der Waals surface area contributed by atoms with Gasteiger partial charge in [0.25, 0.3) is 0 Å². The van der Waals surface area contributed by atoms with Crippen LogP contribution in [0.15, 0.2) is 6.20 Å². The van der Waals surface area contributed by atoms with Crippen molar-refractivity contribution in [3.8, 4) is 0 Å². The lowest BCUT2D eigenvalue weighted by atomic mass is 10.00. The third-order valence-electron chi connectivity index (χ3n) is 2.74. The zero-order valence-corrected chi connectivity index (χ0v) is 11.4. The number of nitrogens with zero attached hydrogens (tertiary/aromatic N) is 1. The van der Waals surface area contributed by atoms with E-state index in [0.29, 0.717) is 12.0 Å². The van der Waals surface area contributed by atoms with E-state index in [9.17, 15) is 0 Å².